The van der Waals surface area contributed by atoms with Gasteiger partial charge >= 0.3 is 5.97 Å². The number of carboxylic acid groups (broad SMARTS) is 1. The number of benzene rings is 1. The summed E-state index contributed by atoms with van der Waals surface area (Å²) in [6.07, 6.45) is 10.1. The van der Waals surface area contributed by atoms with Crippen molar-refractivity contribution in [3.63, 3.8) is 0 Å². The van der Waals surface area contributed by atoms with Crippen LogP contribution in [0.1, 0.15) is 75.6 Å². The van der Waals surface area contributed by atoms with Crippen molar-refractivity contribution in [1.82, 2.24) is 5.32 Å². The number of hydrogen-bond acceptors (Lipinski definition) is 3. The fraction of sp³-hybridized carbons (Fsp3) is 0.600. The van der Waals surface area contributed by atoms with E-state index >= 15 is 0 Å². The highest BCUT2D eigenvalue weighted by Gasteiger charge is 2.15. The second-order valence-corrected chi connectivity index (χ2v) is 6.38. The summed E-state index contributed by atoms with van der Waals surface area (Å²) < 4.78 is 5.68. The number of nitrogens with one attached hydrogen (secondary N) is 1. The van der Waals surface area contributed by atoms with Gasteiger partial charge in [-0.3, -0.25) is 9.59 Å². The van der Waals surface area contributed by atoms with Crippen molar-refractivity contribution >= 4 is 11.9 Å². The Hall–Kier alpha value is -2.04. The topological polar surface area (TPSA) is 75.6 Å². The van der Waals surface area contributed by atoms with Crippen LogP contribution in [0, 0.1) is 0 Å². The third kappa shape index (κ3) is 9.13. The molecule has 0 radical (unpaired) electrons. The summed E-state index contributed by atoms with van der Waals surface area (Å²) in [5.74, 6) is -0.728. The molecule has 1 atom stereocenters. The molecular weight excluding hydrogens is 318 g/mol. The number of aliphatic carboxylic acids is 1. The molecule has 1 aromatic carbocycles. The summed E-state index contributed by atoms with van der Waals surface area (Å²) in [6, 6.07) is 5.86. The molecule has 0 spiro atoms. The van der Waals surface area contributed by atoms with Crippen molar-refractivity contribution in [3.8, 4) is 5.75 Å². The molecule has 0 bridgehead atoms. The van der Waals surface area contributed by atoms with Crippen LogP contribution in [-0.2, 0) is 4.79 Å². The molecule has 0 aliphatic rings. The Kier molecular flexibility index (Phi) is 10.4. The minimum atomic E-state index is -1.06. The highest BCUT2D eigenvalue weighted by Crippen LogP contribution is 2.14. The number of amides is 1. The van der Waals surface area contributed by atoms with E-state index in [1.54, 1.807) is 24.3 Å². The van der Waals surface area contributed by atoms with Gasteiger partial charge in [-0.1, -0.05) is 51.9 Å². The number of carbonyl (C=O) groups is 2. The van der Waals surface area contributed by atoms with E-state index in [9.17, 15) is 9.59 Å². The number of unbranched alkanes of at least 4 members (excludes halogenated alkanes) is 7. The molecule has 5 nitrogen and oxygen atoms in total. The molecule has 0 unspecified atom stereocenters. The van der Waals surface area contributed by atoms with Crippen molar-refractivity contribution in [2.45, 2.75) is 71.3 Å². The number of carbonyl (C=O) groups excluding carboxylic acids is 1. The maximum absolute atomic E-state index is 11.9. The molecule has 25 heavy (non-hydrogen) atoms. The highest BCUT2D eigenvalue weighted by atomic mass is 16.5. The van der Waals surface area contributed by atoms with Gasteiger partial charge in [0.05, 0.1) is 6.61 Å². The maximum Gasteiger partial charge on any atom is 0.325 e. The molecule has 0 saturated heterocycles. The van der Waals surface area contributed by atoms with Crippen molar-refractivity contribution in [2.24, 2.45) is 0 Å². The second-order valence-electron chi connectivity index (χ2n) is 6.38. The number of carboxylic acids is 1. The highest BCUT2D eigenvalue weighted by molar-refractivity contribution is 5.96. The molecule has 140 valence electrons. The van der Waals surface area contributed by atoms with Crippen LogP contribution in [0.3, 0.4) is 0 Å². The molecule has 0 saturated carbocycles. The van der Waals surface area contributed by atoms with Crippen molar-refractivity contribution < 1.29 is 19.4 Å². The largest absolute Gasteiger partial charge is 0.494 e. The van der Waals surface area contributed by atoms with Crippen LogP contribution in [0.2, 0.25) is 0 Å². The van der Waals surface area contributed by atoms with Gasteiger partial charge in [0.1, 0.15) is 11.8 Å². The first-order valence-corrected chi connectivity index (χ1v) is 9.31. The predicted octanol–water partition coefficient (Wildman–Crippen LogP) is 4.41. The predicted molar refractivity (Wildman–Crippen MR) is 99.1 cm³/mol. The lowest BCUT2D eigenvalue weighted by atomic mass is 10.1. The fourth-order valence-electron chi connectivity index (χ4n) is 2.47. The van der Waals surface area contributed by atoms with Crippen LogP contribution in [0.5, 0.6) is 5.75 Å². The van der Waals surface area contributed by atoms with Crippen LogP contribution in [0.15, 0.2) is 24.3 Å². The van der Waals surface area contributed by atoms with Gasteiger partial charge in [-0.2, -0.15) is 0 Å². The van der Waals surface area contributed by atoms with Gasteiger partial charge in [-0.25, -0.2) is 0 Å². The zero-order valence-corrected chi connectivity index (χ0v) is 15.4. The first kappa shape index (κ1) is 21.0. The normalized spacial score (nSPS) is 11.8. The van der Waals surface area contributed by atoms with E-state index in [0.29, 0.717) is 12.2 Å². The Bertz CT molecular complexity index is 513. The average molecular weight is 349 g/mol. The first-order chi connectivity index (χ1) is 12.0. The molecular formula is C20H31NO4. The van der Waals surface area contributed by atoms with Gasteiger partial charge in [0.25, 0.3) is 5.91 Å². The van der Waals surface area contributed by atoms with E-state index in [-0.39, 0.29) is 0 Å². The second kappa shape index (κ2) is 12.3. The fourth-order valence-corrected chi connectivity index (χ4v) is 2.47. The van der Waals surface area contributed by atoms with Crippen LogP contribution in [-0.4, -0.2) is 29.6 Å². The monoisotopic (exact) mass is 349 g/mol. The summed E-state index contributed by atoms with van der Waals surface area (Å²) in [5.41, 5.74) is 0.424. The smallest absolute Gasteiger partial charge is 0.325 e. The lowest BCUT2D eigenvalue weighted by Gasteiger charge is -2.10. The third-order valence-electron chi connectivity index (χ3n) is 4.10. The SMILES string of the molecule is CCCCCCCCCCOc1ccc(C(=O)N[C@@H](C)C(=O)O)cc1. The summed E-state index contributed by atoms with van der Waals surface area (Å²) >= 11 is 0. The molecule has 1 rings (SSSR count). The standard InChI is InChI=1S/C20H31NO4/c1-3-4-5-6-7-8-9-10-15-25-18-13-11-17(12-14-18)19(22)21-16(2)20(23)24/h11-14,16H,3-10,15H2,1-2H3,(H,21,22)(H,23,24)/t16-/m0/s1. The summed E-state index contributed by atoms with van der Waals surface area (Å²) in [7, 11) is 0. The first-order valence-electron chi connectivity index (χ1n) is 9.31. The number of ether oxygens (including phenoxy) is 1. The Labute approximate surface area is 150 Å². The molecule has 0 fully saturated rings. The molecule has 1 aromatic rings. The van der Waals surface area contributed by atoms with Crippen LogP contribution >= 0.6 is 0 Å². The van der Waals surface area contributed by atoms with Crippen LogP contribution in [0.25, 0.3) is 0 Å². The van der Waals surface area contributed by atoms with Gasteiger partial charge < -0.3 is 15.2 Å². The Morgan fingerprint density at radius 3 is 2.12 bits per heavy atom. The molecule has 2 N–H and O–H groups in total. The Balaban J connectivity index is 2.20. The number of rotatable bonds is 13. The van der Waals surface area contributed by atoms with E-state index in [2.05, 4.69) is 12.2 Å². The Morgan fingerprint density at radius 1 is 1.00 bits per heavy atom. The van der Waals surface area contributed by atoms with Gasteiger partial charge in [0.2, 0.25) is 0 Å². The summed E-state index contributed by atoms with van der Waals surface area (Å²) in [6.45, 7) is 4.34. The maximum atomic E-state index is 11.9. The van der Waals surface area contributed by atoms with Gasteiger partial charge in [0, 0.05) is 5.56 Å². The van der Waals surface area contributed by atoms with E-state index in [0.717, 1.165) is 12.2 Å². The minimum Gasteiger partial charge on any atom is -0.494 e. The lowest BCUT2D eigenvalue weighted by molar-refractivity contribution is -0.138. The van der Waals surface area contributed by atoms with E-state index in [4.69, 9.17) is 9.84 Å². The average Bonchev–Trinajstić information content (AvgIpc) is 2.60. The van der Waals surface area contributed by atoms with Crippen molar-refractivity contribution in [1.29, 1.82) is 0 Å². The van der Waals surface area contributed by atoms with Gasteiger partial charge in [0.15, 0.2) is 0 Å². The molecule has 1 amide bonds. The van der Waals surface area contributed by atoms with Crippen molar-refractivity contribution in [2.75, 3.05) is 6.61 Å². The van der Waals surface area contributed by atoms with Gasteiger partial charge in [-0.05, 0) is 37.6 Å². The van der Waals surface area contributed by atoms with Crippen molar-refractivity contribution in [3.05, 3.63) is 29.8 Å². The third-order valence-corrected chi connectivity index (χ3v) is 4.10. The molecule has 0 aliphatic heterocycles. The van der Waals surface area contributed by atoms with Gasteiger partial charge in [-0.15, -0.1) is 0 Å². The quantitative estimate of drug-likeness (QED) is 0.517. The van der Waals surface area contributed by atoms with E-state index < -0.39 is 17.9 Å². The molecule has 0 aliphatic carbocycles. The van der Waals surface area contributed by atoms with E-state index in [1.807, 2.05) is 0 Å². The zero-order valence-electron chi connectivity index (χ0n) is 15.4. The number of hydrogen-bond donors (Lipinski definition) is 2. The van der Waals surface area contributed by atoms with E-state index in [1.165, 1.54) is 51.9 Å². The summed E-state index contributed by atoms with van der Waals surface area (Å²) in [5, 5.41) is 11.2. The summed E-state index contributed by atoms with van der Waals surface area (Å²) in [4.78, 5) is 22.6. The lowest BCUT2D eigenvalue weighted by Crippen LogP contribution is -2.38. The Morgan fingerprint density at radius 2 is 1.56 bits per heavy atom. The zero-order chi connectivity index (χ0) is 18.5. The van der Waals surface area contributed by atoms with Crippen LogP contribution in [0.4, 0.5) is 0 Å². The van der Waals surface area contributed by atoms with Crippen LogP contribution < -0.4 is 10.1 Å². The minimum absolute atomic E-state index is 0.399. The molecule has 0 aromatic heterocycles. The molecule has 0 heterocycles. The molecule has 5 heteroatoms.